The van der Waals surface area contributed by atoms with Crippen LogP contribution in [0.25, 0.3) is 0 Å². The van der Waals surface area contributed by atoms with Crippen molar-refractivity contribution in [3.05, 3.63) is 41.6 Å². The molecular formula is C18H24N4O2. The van der Waals surface area contributed by atoms with Crippen molar-refractivity contribution in [2.45, 2.75) is 26.7 Å². The van der Waals surface area contributed by atoms with Gasteiger partial charge in [0, 0.05) is 31.0 Å². The summed E-state index contributed by atoms with van der Waals surface area (Å²) in [6.07, 6.45) is 2.27. The van der Waals surface area contributed by atoms with E-state index in [-0.39, 0.29) is 5.97 Å². The van der Waals surface area contributed by atoms with Crippen LogP contribution in [0.3, 0.4) is 0 Å². The topological polar surface area (TPSA) is 67.4 Å². The standard InChI is InChI=1S/C18H24N4O2/c1-5-6-11-22(3)16-12-13(2)19-18(21-16)20-15-9-7-14(8-10-15)17(23)24-4/h7-10,12H,5-6,11H2,1-4H3,(H,19,20,21). The molecular weight excluding hydrogens is 304 g/mol. The van der Waals surface area contributed by atoms with Crippen molar-refractivity contribution < 1.29 is 9.53 Å². The molecule has 1 aromatic heterocycles. The van der Waals surface area contributed by atoms with Crippen molar-refractivity contribution in [2.75, 3.05) is 30.9 Å². The van der Waals surface area contributed by atoms with Gasteiger partial charge in [-0.3, -0.25) is 0 Å². The molecule has 1 heterocycles. The van der Waals surface area contributed by atoms with Crippen molar-refractivity contribution in [2.24, 2.45) is 0 Å². The molecule has 24 heavy (non-hydrogen) atoms. The minimum absolute atomic E-state index is 0.354. The number of nitrogens with one attached hydrogen (secondary N) is 1. The average molecular weight is 328 g/mol. The Morgan fingerprint density at radius 3 is 2.58 bits per heavy atom. The van der Waals surface area contributed by atoms with Gasteiger partial charge in [-0.25, -0.2) is 9.78 Å². The smallest absolute Gasteiger partial charge is 0.337 e. The van der Waals surface area contributed by atoms with E-state index in [1.807, 2.05) is 20.0 Å². The first-order chi connectivity index (χ1) is 11.5. The van der Waals surface area contributed by atoms with Crippen LogP contribution in [0.15, 0.2) is 30.3 Å². The molecule has 0 unspecified atom stereocenters. The Hall–Kier alpha value is -2.63. The van der Waals surface area contributed by atoms with Crippen molar-refractivity contribution in [1.82, 2.24) is 9.97 Å². The van der Waals surface area contributed by atoms with E-state index in [1.54, 1.807) is 24.3 Å². The number of methoxy groups -OCH3 is 1. The van der Waals surface area contributed by atoms with Crippen molar-refractivity contribution >= 4 is 23.4 Å². The second-order valence-electron chi connectivity index (χ2n) is 5.66. The molecule has 6 nitrogen and oxygen atoms in total. The summed E-state index contributed by atoms with van der Waals surface area (Å²) in [5.74, 6) is 1.08. The van der Waals surface area contributed by atoms with Gasteiger partial charge in [0.05, 0.1) is 12.7 Å². The number of hydrogen-bond donors (Lipinski definition) is 1. The Morgan fingerprint density at radius 2 is 1.96 bits per heavy atom. The average Bonchev–Trinajstić information content (AvgIpc) is 2.59. The van der Waals surface area contributed by atoms with Crippen LogP contribution in [0.1, 0.15) is 35.8 Å². The molecule has 128 valence electrons. The number of anilines is 3. The fourth-order valence-electron chi connectivity index (χ4n) is 2.25. The normalized spacial score (nSPS) is 10.3. The van der Waals surface area contributed by atoms with Crippen molar-refractivity contribution in [1.29, 1.82) is 0 Å². The molecule has 1 aromatic carbocycles. The largest absolute Gasteiger partial charge is 0.465 e. The summed E-state index contributed by atoms with van der Waals surface area (Å²) in [6.45, 7) is 5.08. The van der Waals surface area contributed by atoms with Crippen molar-refractivity contribution in [3.63, 3.8) is 0 Å². The lowest BCUT2D eigenvalue weighted by molar-refractivity contribution is 0.0601. The van der Waals surface area contributed by atoms with Crippen LogP contribution in [-0.2, 0) is 4.74 Å². The van der Waals surface area contributed by atoms with Crippen LogP contribution in [-0.4, -0.2) is 36.6 Å². The lowest BCUT2D eigenvalue weighted by atomic mass is 10.2. The predicted octanol–water partition coefficient (Wildman–Crippen LogP) is 3.55. The monoisotopic (exact) mass is 328 g/mol. The fraction of sp³-hybridized carbons (Fsp3) is 0.389. The maximum atomic E-state index is 11.5. The van der Waals surface area contributed by atoms with E-state index < -0.39 is 0 Å². The molecule has 2 aromatic rings. The van der Waals surface area contributed by atoms with Gasteiger partial charge in [0.1, 0.15) is 5.82 Å². The molecule has 0 spiro atoms. The number of rotatable bonds is 7. The quantitative estimate of drug-likeness (QED) is 0.784. The summed E-state index contributed by atoms with van der Waals surface area (Å²) >= 11 is 0. The van der Waals surface area contributed by atoms with Gasteiger partial charge in [-0.2, -0.15) is 4.98 Å². The molecule has 0 atom stereocenters. The predicted molar refractivity (Wildman–Crippen MR) is 96.0 cm³/mol. The third-order valence-corrected chi connectivity index (χ3v) is 3.64. The number of aromatic nitrogens is 2. The van der Waals surface area contributed by atoms with E-state index in [0.29, 0.717) is 11.5 Å². The lowest BCUT2D eigenvalue weighted by Gasteiger charge is -2.19. The summed E-state index contributed by atoms with van der Waals surface area (Å²) < 4.78 is 4.69. The third-order valence-electron chi connectivity index (χ3n) is 3.64. The van der Waals surface area contributed by atoms with Crippen LogP contribution < -0.4 is 10.2 Å². The Morgan fingerprint density at radius 1 is 1.25 bits per heavy atom. The molecule has 0 saturated heterocycles. The van der Waals surface area contributed by atoms with E-state index in [2.05, 4.69) is 27.1 Å². The number of hydrogen-bond acceptors (Lipinski definition) is 6. The fourth-order valence-corrected chi connectivity index (χ4v) is 2.25. The number of unbranched alkanes of at least 4 members (excludes halogenated alkanes) is 1. The zero-order valence-electron chi connectivity index (χ0n) is 14.7. The van der Waals surface area contributed by atoms with Gasteiger partial charge >= 0.3 is 5.97 Å². The highest BCUT2D eigenvalue weighted by Gasteiger charge is 2.08. The highest BCUT2D eigenvalue weighted by atomic mass is 16.5. The summed E-state index contributed by atoms with van der Waals surface area (Å²) in [4.78, 5) is 22.6. The zero-order valence-corrected chi connectivity index (χ0v) is 14.7. The first kappa shape index (κ1) is 17.7. The molecule has 0 aliphatic rings. The van der Waals surface area contributed by atoms with Gasteiger partial charge in [-0.15, -0.1) is 0 Å². The Labute approximate surface area is 142 Å². The number of carbonyl (C=O) groups excluding carboxylic acids is 1. The summed E-state index contributed by atoms with van der Waals surface area (Å²) in [5, 5.41) is 3.18. The SMILES string of the molecule is CCCCN(C)c1cc(C)nc(Nc2ccc(C(=O)OC)cc2)n1. The van der Waals surface area contributed by atoms with E-state index >= 15 is 0 Å². The molecule has 2 rings (SSSR count). The van der Waals surface area contributed by atoms with E-state index in [4.69, 9.17) is 4.74 Å². The molecule has 0 aliphatic heterocycles. The molecule has 0 amide bonds. The summed E-state index contributed by atoms with van der Waals surface area (Å²) in [5.41, 5.74) is 2.22. The minimum atomic E-state index is -0.354. The first-order valence-corrected chi connectivity index (χ1v) is 8.05. The Balaban J connectivity index is 2.14. The first-order valence-electron chi connectivity index (χ1n) is 8.05. The second kappa shape index (κ2) is 8.29. The third kappa shape index (κ3) is 4.68. The number of benzene rings is 1. The molecule has 0 fully saturated rings. The molecule has 0 radical (unpaired) electrons. The van der Waals surface area contributed by atoms with E-state index in [9.17, 15) is 4.79 Å². The number of ether oxygens (including phenoxy) is 1. The molecule has 6 heteroatoms. The van der Waals surface area contributed by atoms with Crippen molar-refractivity contribution in [3.8, 4) is 0 Å². The number of aryl methyl sites for hydroxylation is 1. The maximum Gasteiger partial charge on any atom is 0.337 e. The lowest BCUT2D eigenvalue weighted by Crippen LogP contribution is -2.20. The van der Waals surface area contributed by atoms with E-state index in [0.717, 1.165) is 36.6 Å². The van der Waals surface area contributed by atoms with Crippen LogP contribution in [0.2, 0.25) is 0 Å². The molecule has 0 bridgehead atoms. The van der Waals surface area contributed by atoms with Gasteiger partial charge in [0.15, 0.2) is 0 Å². The molecule has 0 aliphatic carbocycles. The summed E-state index contributed by atoms with van der Waals surface area (Å²) in [7, 11) is 3.40. The Kier molecular flexibility index (Phi) is 6.12. The molecule has 0 saturated carbocycles. The Bertz CT molecular complexity index is 686. The minimum Gasteiger partial charge on any atom is -0.465 e. The van der Waals surface area contributed by atoms with Gasteiger partial charge in [-0.1, -0.05) is 13.3 Å². The highest BCUT2D eigenvalue weighted by molar-refractivity contribution is 5.89. The number of nitrogens with zero attached hydrogens (tertiary/aromatic N) is 3. The van der Waals surface area contributed by atoms with Crippen LogP contribution in [0, 0.1) is 6.92 Å². The summed E-state index contributed by atoms with van der Waals surface area (Å²) in [6, 6.07) is 8.99. The van der Waals surface area contributed by atoms with Crippen LogP contribution in [0.5, 0.6) is 0 Å². The maximum absolute atomic E-state index is 11.5. The number of carbonyl (C=O) groups is 1. The van der Waals surface area contributed by atoms with Gasteiger partial charge in [0.25, 0.3) is 0 Å². The highest BCUT2D eigenvalue weighted by Crippen LogP contribution is 2.18. The van der Waals surface area contributed by atoms with Gasteiger partial charge in [0.2, 0.25) is 5.95 Å². The van der Waals surface area contributed by atoms with Gasteiger partial charge in [-0.05, 0) is 37.6 Å². The van der Waals surface area contributed by atoms with Crippen LogP contribution >= 0.6 is 0 Å². The van der Waals surface area contributed by atoms with Crippen LogP contribution in [0.4, 0.5) is 17.5 Å². The van der Waals surface area contributed by atoms with E-state index in [1.165, 1.54) is 7.11 Å². The number of esters is 1. The van der Waals surface area contributed by atoms with Gasteiger partial charge < -0.3 is 15.0 Å². The second-order valence-corrected chi connectivity index (χ2v) is 5.66. The zero-order chi connectivity index (χ0) is 17.5. The molecule has 1 N–H and O–H groups in total.